The Hall–Kier alpha value is -2.87. The first-order valence-corrected chi connectivity index (χ1v) is 12.6. The van der Waals surface area contributed by atoms with Crippen LogP contribution in [0.15, 0.2) is 59.1 Å². The van der Waals surface area contributed by atoms with E-state index in [-0.39, 0.29) is 12.3 Å². The minimum atomic E-state index is -1.05. The lowest BCUT2D eigenvalue weighted by molar-refractivity contribution is -0.158. The fraction of sp³-hybridized carbons (Fsp3) is 0.444. The molecule has 1 aliphatic rings. The van der Waals surface area contributed by atoms with E-state index in [4.69, 9.17) is 4.74 Å². The summed E-state index contributed by atoms with van der Waals surface area (Å²) in [5.41, 5.74) is 0.961. The second-order valence-corrected chi connectivity index (χ2v) is 11.0. The smallest absolute Gasteiger partial charge is 0.408 e. The van der Waals surface area contributed by atoms with Crippen LogP contribution < -0.4 is 5.32 Å². The highest BCUT2D eigenvalue weighted by Gasteiger charge is 2.44. The zero-order valence-electron chi connectivity index (χ0n) is 20.5. The number of carbonyl (C=O) groups excluding carboxylic acids is 2. The number of aliphatic carboxylic acids is 1. The minimum Gasteiger partial charge on any atom is -0.480 e. The van der Waals surface area contributed by atoms with Gasteiger partial charge in [0.1, 0.15) is 17.7 Å². The van der Waals surface area contributed by atoms with Crippen molar-refractivity contribution in [2.24, 2.45) is 5.92 Å². The molecule has 2 aromatic carbocycles. The first-order chi connectivity index (χ1) is 16.5. The number of amides is 2. The Morgan fingerprint density at radius 2 is 1.71 bits per heavy atom. The van der Waals surface area contributed by atoms with Gasteiger partial charge in [0.25, 0.3) is 0 Å². The third kappa shape index (κ3) is 7.07. The number of rotatable bonds is 6. The average molecular weight is 545 g/mol. The summed E-state index contributed by atoms with van der Waals surface area (Å²) in [6.45, 7) is 7.27. The molecule has 2 amide bonds. The second-order valence-electron chi connectivity index (χ2n) is 10.0. The van der Waals surface area contributed by atoms with Gasteiger partial charge in [-0.25, -0.2) is 9.59 Å². The molecule has 1 heterocycles. The number of halogens is 1. The van der Waals surface area contributed by atoms with Crippen LogP contribution in [0.5, 0.6) is 0 Å². The Balaban J connectivity index is 2.01. The monoisotopic (exact) mass is 544 g/mol. The quantitative estimate of drug-likeness (QED) is 0.511. The number of carbonyl (C=O) groups is 3. The van der Waals surface area contributed by atoms with Gasteiger partial charge in [-0.15, -0.1) is 0 Å². The molecule has 4 atom stereocenters. The average Bonchev–Trinajstić information content (AvgIpc) is 2.78. The predicted octanol–water partition coefficient (Wildman–Crippen LogP) is 5.34. The van der Waals surface area contributed by atoms with Crippen LogP contribution in [0.2, 0.25) is 0 Å². The van der Waals surface area contributed by atoms with Gasteiger partial charge in [-0.2, -0.15) is 0 Å². The molecule has 0 saturated carbocycles. The largest absolute Gasteiger partial charge is 0.480 e. The van der Waals surface area contributed by atoms with E-state index < -0.39 is 41.7 Å². The normalized spacial score (nSPS) is 21.2. The third-order valence-electron chi connectivity index (χ3n) is 6.09. The summed E-state index contributed by atoms with van der Waals surface area (Å²) in [6.07, 6.45) is 0.511. The van der Waals surface area contributed by atoms with Gasteiger partial charge in [0.2, 0.25) is 5.91 Å². The Morgan fingerprint density at radius 1 is 1.09 bits per heavy atom. The summed E-state index contributed by atoms with van der Waals surface area (Å²) in [7, 11) is 0. The molecule has 0 radical (unpaired) electrons. The van der Waals surface area contributed by atoms with Gasteiger partial charge >= 0.3 is 12.1 Å². The zero-order valence-corrected chi connectivity index (χ0v) is 22.1. The maximum Gasteiger partial charge on any atom is 0.408 e. The molecule has 8 heteroatoms. The van der Waals surface area contributed by atoms with Crippen molar-refractivity contribution in [1.82, 2.24) is 10.2 Å². The molecule has 2 N–H and O–H groups in total. The van der Waals surface area contributed by atoms with Crippen LogP contribution in [0.4, 0.5) is 4.79 Å². The lowest BCUT2D eigenvalue weighted by Gasteiger charge is -2.45. The van der Waals surface area contributed by atoms with Crippen LogP contribution in [-0.4, -0.2) is 45.7 Å². The van der Waals surface area contributed by atoms with Crippen molar-refractivity contribution in [2.75, 3.05) is 0 Å². The highest BCUT2D eigenvalue weighted by Crippen LogP contribution is 2.40. The van der Waals surface area contributed by atoms with Crippen LogP contribution in [0, 0.1) is 5.92 Å². The van der Waals surface area contributed by atoms with Crippen molar-refractivity contribution in [1.29, 1.82) is 0 Å². The van der Waals surface area contributed by atoms with E-state index in [2.05, 4.69) is 21.2 Å². The number of carboxylic acids is 1. The molecule has 0 aliphatic carbocycles. The Kier molecular flexibility index (Phi) is 8.59. The van der Waals surface area contributed by atoms with Gasteiger partial charge in [0.05, 0.1) is 6.04 Å². The number of nitrogens with one attached hydrogen (secondary N) is 1. The highest BCUT2D eigenvalue weighted by molar-refractivity contribution is 9.10. The van der Waals surface area contributed by atoms with E-state index >= 15 is 0 Å². The van der Waals surface area contributed by atoms with Crippen LogP contribution in [0.25, 0.3) is 0 Å². The van der Waals surface area contributed by atoms with Crippen molar-refractivity contribution in [2.45, 2.75) is 70.7 Å². The van der Waals surface area contributed by atoms with Crippen molar-refractivity contribution in [3.05, 3.63) is 70.2 Å². The Labute approximate surface area is 215 Å². The van der Waals surface area contributed by atoms with Gasteiger partial charge in [-0.05, 0) is 62.8 Å². The Morgan fingerprint density at radius 3 is 2.29 bits per heavy atom. The molecule has 1 fully saturated rings. The molecule has 0 unspecified atom stereocenters. The number of likely N-dealkylation sites (tertiary alicyclic amines) is 1. The number of hydrogen-bond donors (Lipinski definition) is 2. The molecule has 1 aliphatic heterocycles. The van der Waals surface area contributed by atoms with Crippen LogP contribution in [0.1, 0.15) is 57.7 Å². The van der Waals surface area contributed by atoms with Crippen LogP contribution in [0.3, 0.4) is 0 Å². The molecule has 1 saturated heterocycles. The first-order valence-electron chi connectivity index (χ1n) is 11.8. The van der Waals surface area contributed by atoms with Gasteiger partial charge in [-0.1, -0.05) is 65.3 Å². The standard InChI is InChI=1S/C27H33BrN2O5/c1-17-10-15-22(25(32)33)30(23(17)19-11-13-20(28)14-12-19)24(31)21(16-18-8-6-5-7-9-18)29-26(34)35-27(2,3)4/h5-9,11-14,17,21-23H,10,15-16H2,1-4H3,(H,29,34)(H,32,33)/t17-,21-,22-,23-/m0/s1. The van der Waals surface area contributed by atoms with E-state index in [1.807, 2.05) is 61.5 Å². The Bertz CT molecular complexity index is 1040. The number of piperidine rings is 1. The molecule has 7 nitrogen and oxygen atoms in total. The van der Waals surface area contributed by atoms with Gasteiger partial charge in [0, 0.05) is 10.9 Å². The lowest BCUT2D eigenvalue weighted by atomic mass is 9.82. The van der Waals surface area contributed by atoms with E-state index in [0.29, 0.717) is 12.8 Å². The van der Waals surface area contributed by atoms with Crippen LogP contribution >= 0.6 is 15.9 Å². The summed E-state index contributed by atoms with van der Waals surface area (Å²) in [4.78, 5) is 40.5. The number of carboxylic acid groups (broad SMARTS) is 1. The van der Waals surface area contributed by atoms with Crippen LogP contribution in [-0.2, 0) is 20.7 Å². The first kappa shape index (κ1) is 26.7. The minimum absolute atomic E-state index is 0.0367. The summed E-state index contributed by atoms with van der Waals surface area (Å²) in [5, 5.41) is 12.8. The molecule has 0 bridgehead atoms. The van der Waals surface area contributed by atoms with E-state index in [9.17, 15) is 19.5 Å². The van der Waals surface area contributed by atoms with Gasteiger partial charge < -0.3 is 20.1 Å². The SMILES string of the molecule is C[C@H]1CC[C@@H](C(=O)O)N(C(=O)[C@H](Cc2ccccc2)NC(=O)OC(C)(C)C)[C@@H]1c1ccc(Br)cc1. The van der Waals surface area contributed by atoms with Crippen molar-refractivity contribution < 1.29 is 24.2 Å². The summed E-state index contributed by atoms with van der Waals surface area (Å²) >= 11 is 3.44. The topological polar surface area (TPSA) is 95.9 Å². The zero-order chi connectivity index (χ0) is 25.8. The summed E-state index contributed by atoms with van der Waals surface area (Å²) in [6, 6.07) is 14.5. The number of nitrogens with zero attached hydrogens (tertiary/aromatic N) is 1. The summed E-state index contributed by atoms with van der Waals surface area (Å²) in [5.74, 6) is -1.45. The maximum absolute atomic E-state index is 14.1. The molecule has 35 heavy (non-hydrogen) atoms. The molecular formula is C27H33BrN2O5. The second kappa shape index (κ2) is 11.2. The van der Waals surface area contributed by atoms with E-state index in [1.54, 1.807) is 20.8 Å². The van der Waals surface area contributed by atoms with Gasteiger partial charge in [-0.3, -0.25) is 4.79 Å². The maximum atomic E-state index is 14.1. The van der Waals surface area contributed by atoms with Crippen molar-refractivity contribution in [3.63, 3.8) is 0 Å². The molecular weight excluding hydrogens is 512 g/mol. The lowest BCUT2D eigenvalue weighted by Crippen LogP contribution is -2.58. The van der Waals surface area contributed by atoms with Crippen molar-refractivity contribution >= 4 is 33.9 Å². The molecule has 2 aromatic rings. The molecule has 0 spiro atoms. The number of benzene rings is 2. The fourth-order valence-corrected chi connectivity index (χ4v) is 4.81. The fourth-order valence-electron chi connectivity index (χ4n) is 4.55. The van der Waals surface area contributed by atoms with Gasteiger partial charge in [0.15, 0.2) is 0 Å². The van der Waals surface area contributed by atoms with Crippen molar-refractivity contribution in [3.8, 4) is 0 Å². The number of alkyl carbamates (subject to hydrolysis) is 1. The third-order valence-corrected chi connectivity index (χ3v) is 6.62. The molecule has 0 aromatic heterocycles. The number of ether oxygens (including phenoxy) is 1. The molecule has 188 valence electrons. The summed E-state index contributed by atoms with van der Waals surface area (Å²) < 4.78 is 6.32. The van der Waals surface area contributed by atoms with E-state index in [0.717, 1.165) is 15.6 Å². The predicted molar refractivity (Wildman–Crippen MR) is 137 cm³/mol. The molecule has 3 rings (SSSR count). The van der Waals surface area contributed by atoms with E-state index in [1.165, 1.54) is 4.90 Å². The highest BCUT2D eigenvalue weighted by atomic mass is 79.9. The number of hydrogen-bond acceptors (Lipinski definition) is 4.